The predicted molar refractivity (Wildman–Crippen MR) is 64.1 cm³/mol. The second-order valence-electron chi connectivity index (χ2n) is 3.89. The van der Waals surface area contributed by atoms with Crippen molar-refractivity contribution in [1.82, 2.24) is 15.3 Å². The first-order valence-electron chi connectivity index (χ1n) is 5.42. The van der Waals surface area contributed by atoms with E-state index in [1.165, 1.54) is 12.1 Å². The highest BCUT2D eigenvalue weighted by atomic mass is 19.1. The molecular formula is C13H14FN3. The summed E-state index contributed by atoms with van der Waals surface area (Å²) >= 11 is 0. The summed E-state index contributed by atoms with van der Waals surface area (Å²) in [5, 5.41) is 3.13. The second kappa shape index (κ2) is 5.01. The van der Waals surface area contributed by atoms with Gasteiger partial charge >= 0.3 is 0 Å². The number of halogens is 1. The third-order valence-electron chi connectivity index (χ3n) is 2.55. The van der Waals surface area contributed by atoms with E-state index in [0.717, 1.165) is 11.1 Å². The van der Waals surface area contributed by atoms with Crippen LogP contribution in [-0.2, 0) is 0 Å². The van der Waals surface area contributed by atoms with Crippen molar-refractivity contribution in [3.63, 3.8) is 0 Å². The maximum atomic E-state index is 12.9. The molecular weight excluding hydrogens is 217 g/mol. The van der Waals surface area contributed by atoms with Crippen LogP contribution in [0.15, 0.2) is 36.7 Å². The number of aryl methyl sites for hydroxylation is 1. The quantitative estimate of drug-likeness (QED) is 0.880. The molecule has 0 aliphatic rings. The molecule has 1 aromatic carbocycles. The third-order valence-corrected chi connectivity index (χ3v) is 2.55. The molecule has 1 aromatic heterocycles. The van der Waals surface area contributed by atoms with Crippen molar-refractivity contribution < 1.29 is 4.39 Å². The van der Waals surface area contributed by atoms with Gasteiger partial charge in [-0.3, -0.25) is 0 Å². The minimum absolute atomic E-state index is 0.115. The number of hydrogen-bond acceptors (Lipinski definition) is 3. The molecule has 3 nitrogen and oxygen atoms in total. The van der Waals surface area contributed by atoms with Gasteiger partial charge in [-0.05, 0) is 37.2 Å². The lowest BCUT2D eigenvalue weighted by molar-refractivity contribution is 0.618. The Bertz CT molecular complexity index is 434. The normalized spacial score (nSPS) is 12.4. The van der Waals surface area contributed by atoms with Crippen LogP contribution in [-0.4, -0.2) is 17.0 Å². The Hall–Kier alpha value is -1.81. The molecule has 0 radical (unpaired) electrons. The number of rotatable bonds is 3. The third kappa shape index (κ3) is 2.65. The van der Waals surface area contributed by atoms with Gasteiger partial charge in [0.25, 0.3) is 0 Å². The molecule has 1 heterocycles. The number of nitrogens with zero attached hydrogens (tertiary/aromatic N) is 2. The fourth-order valence-electron chi connectivity index (χ4n) is 1.65. The Kier molecular flexibility index (Phi) is 3.44. The first-order valence-corrected chi connectivity index (χ1v) is 5.42. The standard InChI is InChI=1S/C13H14FN3/c1-9-7-16-13(17-8-9)12(15-2)10-3-5-11(14)6-4-10/h3-8,12,15H,1-2H3. The van der Waals surface area contributed by atoms with Gasteiger partial charge < -0.3 is 5.32 Å². The monoisotopic (exact) mass is 231 g/mol. The van der Waals surface area contributed by atoms with Crippen LogP contribution in [0, 0.1) is 12.7 Å². The summed E-state index contributed by atoms with van der Waals surface area (Å²) in [5.41, 5.74) is 1.96. The Balaban J connectivity index is 2.33. The molecule has 1 unspecified atom stereocenters. The van der Waals surface area contributed by atoms with Gasteiger partial charge in [-0.15, -0.1) is 0 Å². The lowest BCUT2D eigenvalue weighted by atomic mass is 10.1. The Morgan fingerprint density at radius 3 is 2.24 bits per heavy atom. The van der Waals surface area contributed by atoms with E-state index in [4.69, 9.17) is 0 Å². The van der Waals surface area contributed by atoms with E-state index in [1.54, 1.807) is 24.5 Å². The molecule has 88 valence electrons. The molecule has 1 atom stereocenters. The summed E-state index contributed by atoms with van der Waals surface area (Å²) < 4.78 is 12.9. The molecule has 2 aromatic rings. The van der Waals surface area contributed by atoms with E-state index in [-0.39, 0.29) is 11.9 Å². The lowest BCUT2D eigenvalue weighted by Gasteiger charge is -2.15. The highest BCUT2D eigenvalue weighted by Crippen LogP contribution is 2.18. The first-order chi connectivity index (χ1) is 8.20. The SMILES string of the molecule is CNC(c1ccc(F)cc1)c1ncc(C)cn1. The van der Waals surface area contributed by atoms with Crippen LogP contribution < -0.4 is 5.32 Å². The molecule has 0 spiro atoms. The van der Waals surface area contributed by atoms with Gasteiger partial charge in [-0.1, -0.05) is 12.1 Å². The van der Waals surface area contributed by atoms with Gasteiger partial charge in [0.2, 0.25) is 0 Å². The molecule has 0 amide bonds. The molecule has 4 heteroatoms. The van der Waals surface area contributed by atoms with E-state index in [2.05, 4.69) is 15.3 Å². The fraction of sp³-hybridized carbons (Fsp3) is 0.231. The predicted octanol–water partition coefficient (Wildman–Crippen LogP) is 2.23. The van der Waals surface area contributed by atoms with Gasteiger partial charge in [0, 0.05) is 12.4 Å². The van der Waals surface area contributed by atoms with E-state index < -0.39 is 0 Å². The zero-order chi connectivity index (χ0) is 12.3. The summed E-state index contributed by atoms with van der Waals surface area (Å²) in [4.78, 5) is 8.56. The maximum Gasteiger partial charge on any atom is 0.149 e. The van der Waals surface area contributed by atoms with E-state index in [1.807, 2.05) is 14.0 Å². The lowest BCUT2D eigenvalue weighted by Crippen LogP contribution is -2.20. The molecule has 0 aliphatic carbocycles. The van der Waals surface area contributed by atoms with Crippen molar-refractivity contribution >= 4 is 0 Å². The van der Waals surface area contributed by atoms with Crippen molar-refractivity contribution in [3.8, 4) is 0 Å². The average molecular weight is 231 g/mol. The number of hydrogen-bond donors (Lipinski definition) is 1. The van der Waals surface area contributed by atoms with Gasteiger partial charge in [-0.2, -0.15) is 0 Å². The van der Waals surface area contributed by atoms with E-state index in [0.29, 0.717) is 5.82 Å². The smallest absolute Gasteiger partial charge is 0.149 e. The molecule has 0 saturated heterocycles. The summed E-state index contributed by atoms with van der Waals surface area (Å²) in [6.45, 7) is 1.94. The van der Waals surface area contributed by atoms with E-state index in [9.17, 15) is 4.39 Å². The zero-order valence-corrected chi connectivity index (χ0v) is 9.81. The Morgan fingerprint density at radius 2 is 1.71 bits per heavy atom. The fourth-order valence-corrected chi connectivity index (χ4v) is 1.65. The van der Waals surface area contributed by atoms with Crippen LogP contribution in [0.1, 0.15) is 23.0 Å². The highest BCUT2D eigenvalue weighted by Gasteiger charge is 2.14. The number of aromatic nitrogens is 2. The Morgan fingerprint density at radius 1 is 1.12 bits per heavy atom. The zero-order valence-electron chi connectivity index (χ0n) is 9.81. The Labute approximate surface area is 99.7 Å². The minimum atomic E-state index is -0.242. The molecule has 0 aliphatic heterocycles. The molecule has 2 rings (SSSR count). The minimum Gasteiger partial charge on any atom is -0.307 e. The van der Waals surface area contributed by atoms with Crippen LogP contribution in [0.25, 0.3) is 0 Å². The van der Waals surface area contributed by atoms with Crippen molar-refractivity contribution in [2.45, 2.75) is 13.0 Å². The summed E-state index contributed by atoms with van der Waals surface area (Å²) in [5.74, 6) is 0.443. The van der Waals surface area contributed by atoms with Crippen LogP contribution in [0.2, 0.25) is 0 Å². The van der Waals surface area contributed by atoms with Gasteiger partial charge in [0.05, 0.1) is 6.04 Å². The number of benzene rings is 1. The molecule has 0 saturated carbocycles. The van der Waals surface area contributed by atoms with Crippen LogP contribution in [0.4, 0.5) is 4.39 Å². The van der Waals surface area contributed by atoms with Gasteiger partial charge in [-0.25, -0.2) is 14.4 Å². The first kappa shape index (κ1) is 11.7. The largest absolute Gasteiger partial charge is 0.307 e. The van der Waals surface area contributed by atoms with E-state index >= 15 is 0 Å². The van der Waals surface area contributed by atoms with Crippen molar-refractivity contribution in [3.05, 3.63) is 59.4 Å². The summed E-state index contributed by atoms with van der Waals surface area (Å²) in [6.07, 6.45) is 3.55. The molecule has 17 heavy (non-hydrogen) atoms. The van der Waals surface area contributed by atoms with Crippen LogP contribution in [0.5, 0.6) is 0 Å². The molecule has 1 N–H and O–H groups in total. The summed E-state index contributed by atoms with van der Waals surface area (Å²) in [7, 11) is 1.83. The van der Waals surface area contributed by atoms with Gasteiger partial charge in [0.1, 0.15) is 11.6 Å². The number of nitrogens with one attached hydrogen (secondary N) is 1. The van der Waals surface area contributed by atoms with Crippen molar-refractivity contribution in [1.29, 1.82) is 0 Å². The van der Waals surface area contributed by atoms with Crippen LogP contribution >= 0.6 is 0 Å². The van der Waals surface area contributed by atoms with Crippen LogP contribution in [0.3, 0.4) is 0 Å². The second-order valence-corrected chi connectivity index (χ2v) is 3.89. The highest BCUT2D eigenvalue weighted by molar-refractivity contribution is 5.25. The average Bonchev–Trinajstić information content (AvgIpc) is 2.35. The van der Waals surface area contributed by atoms with Gasteiger partial charge in [0.15, 0.2) is 0 Å². The summed E-state index contributed by atoms with van der Waals surface area (Å²) in [6, 6.07) is 6.23. The maximum absolute atomic E-state index is 12.9. The van der Waals surface area contributed by atoms with Crippen molar-refractivity contribution in [2.24, 2.45) is 0 Å². The topological polar surface area (TPSA) is 37.8 Å². The molecule has 0 fully saturated rings. The van der Waals surface area contributed by atoms with Crippen molar-refractivity contribution in [2.75, 3.05) is 7.05 Å². The molecule has 0 bridgehead atoms.